The molecule has 2 rings (SSSR count). The molecule has 0 saturated heterocycles. The van der Waals surface area contributed by atoms with E-state index < -0.39 is 0 Å². The fourth-order valence-electron chi connectivity index (χ4n) is 2.68. The summed E-state index contributed by atoms with van der Waals surface area (Å²) in [5.74, 6) is 1.37. The number of rotatable bonds is 3. The summed E-state index contributed by atoms with van der Waals surface area (Å²) in [5.41, 5.74) is 0.625. The molecule has 1 aliphatic rings. The van der Waals surface area contributed by atoms with E-state index in [2.05, 4.69) is 19.2 Å². The molecule has 0 radical (unpaired) electrons. The summed E-state index contributed by atoms with van der Waals surface area (Å²) in [4.78, 5) is 10.6. The summed E-state index contributed by atoms with van der Waals surface area (Å²) in [5, 5.41) is 14.8. The van der Waals surface area contributed by atoms with Gasteiger partial charge in [-0.05, 0) is 43.2 Å². The number of nitrogens with zero attached hydrogens (tertiary/aromatic N) is 1. The summed E-state index contributed by atoms with van der Waals surface area (Å²) in [6.07, 6.45) is 3.26. The van der Waals surface area contributed by atoms with Gasteiger partial charge in [-0.1, -0.05) is 25.4 Å². The van der Waals surface area contributed by atoms with Gasteiger partial charge in [-0.15, -0.1) is 0 Å². The summed E-state index contributed by atoms with van der Waals surface area (Å²) in [6.45, 7) is 4.51. The molecule has 4 nitrogen and oxygen atoms in total. The van der Waals surface area contributed by atoms with Gasteiger partial charge in [0, 0.05) is 17.1 Å². The van der Waals surface area contributed by atoms with Crippen LogP contribution in [0.1, 0.15) is 33.1 Å². The highest BCUT2D eigenvalue weighted by Gasteiger charge is 2.26. The Labute approximate surface area is 118 Å². The predicted octanol–water partition coefficient (Wildman–Crippen LogP) is 4.48. The maximum Gasteiger partial charge on any atom is 0.292 e. The topological polar surface area (TPSA) is 55.2 Å². The number of anilines is 1. The van der Waals surface area contributed by atoms with E-state index in [1.165, 1.54) is 6.07 Å². The van der Waals surface area contributed by atoms with Crippen LogP contribution in [0.5, 0.6) is 0 Å². The van der Waals surface area contributed by atoms with Crippen molar-refractivity contribution in [3.63, 3.8) is 0 Å². The zero-order valence-corrected chi connectivity index (χ0v) is 12.0. The SMILES string of the molecule is CC1CCC(Nc2cc(Cl)ccc2[N+](=O)[O-])CC1C. The molecule has 0 aliphatic heterocycles. The van der Waals surface area contributed by atoms with E-state index in [4.69, 9.17) is 11.6 Å². The van der Waals surface area contributed by atoms with Gasteiger partial charge in [0.2, 0.25) is 0 Å². The standard InChI is InChI=1S/C14H19ClN2O2/c1-9-3-5-12(7-10(9)2)16-13-8-11(15)4-6-14(13)17(18)19/h4,6,8-10,12,16H,3,5,7H2,1-2H3. The highest BCUT2D eigenvalue weighted by molar-refractivity contribution is 6.31. The lowest BCUT2D eigenvalue weighted by atomic mass is 9.79. The average Bonchev–Trinajstić information content (AvgIpc) is 2.33. The number of benzene rings is 1. The van der Waals surface area contributed by atoms with Crippen LogP contribution in [0.2, 0.25) is 5.02 Å². The minimum atomic E-state index is -0.368. The third kappa shape index (κ3) is 3.38. The zero-order chi connectivity index (χ0) is 14.0. The third-order valence-electron chi connectivity index (χ3n) is 4.11. The lowest BCUT2D eigenvalue weighted by Gasteiger charge is -2.33. The smallest absolute Gasteiger partial charge is 0.292 e. The van der Waals surface area contributed by atoms with Gasteiger partial charge in [0.1, 0.15) is 5.69 Å². The van der Waals surface area contributed by atoms with E-state index in [1.807, 2.05) is 0 Å². The van der Waals surface area contributed by atoms with Gasteiger partial charge < -0.3 is 5.32 Å². The van der Waals surface area contributed by atoms with Gasteiger partial charge in [-0.25, -0.2) is 0 Å². The molecule has 3 unspecified atom stereocenters. The first-order chi connectivity index (χ1) is 8.97. The minimum Gasteiger partial charge on any atom is -0.377 e. The summed E-state index contributed by atoms with van der Waals surface area (Å²) >= 11 is 5.93. The first kappa shape index (κ1) is 14.1. The van der Waals surface area contributed by atoms with Crippen LogP contribution in [-0.2, 0) is 0 Å². The maximum absolute atomic E-state index is 11.0. The highest BCUT2D eigenvalue weighted by atomic mass is 35.5. The zero-order valence-electron chi connectivity index (χ0n) is 11.2. The molecule has 0 spiro atoms. The quantitative estimate of drug-likeness (QED) is 0.657. The lowest BCUT2D eigenvalue weighted by molar-refractivity contribution is -0.384. The predicted molar refractivity (Wildman–Crippen MR) is 77.7 cm³/mol. The molecule has 1 N–H and O–H groups in total. The van der Waals surface area contributed by atoms with E-state index in [-0.39, 0.29) is 10.6 Å². The molecule has 0 amide bonds. The Kier molecular flexibility index (Phi) is 4.30. The number of nitro benzene ring substituents is 1. The van der Waals surface area contributed by atoms with Crippen LogP contribution >= 0.6 is 11.6 Å². The Morgan fingerprint density at radius 3 is 2.68 bits per heavy atom. The Morgan fingerprint density at radius 1 is 1.32 bits per heavy atom. The molecule has 104 valence electrons. The molecule has 0 heterocycles. The molecule has 0 bridgehead atoms. The van der Waals surface area contributed by atoms with Gasteiger partial charge in [-0.3, -0.25) is 10.1 Å². The van der Waals surface area contributed by atoms with Crippen molar-refractivity contribution >= 4 is 23.0 Å². The van der Waals surface area contributed by atoms with Crippen LogP contribution < -0.4 is 5.32 Å². The molecule has 19 heavy (non-hydrogen) atoms. The molecular formula is C14H19ClN2O2. The van der Waals surface area contributed by atoms with Crippen molar-refractivity contribution in [1.29, 1.82) is 0 Å². The van der Waals surface area contributed by atoms with Crippen LogP contribution in [0.3, 0.4) is 0 Å². The molecule has 5 heteroatoms. The van der Waals surface area contributed by atoms with Gasteiger partial charge in [0.05, 0.1) is 4.92 Å². The van der Waals surface area contributed by atoms with Gasteiger partial charge in [0.15, 0.2) is 0 Å². The molecule has 3 atom stereocenters. The van der Waals surface area contributed by atoms with Crippen LogP contribution in [0.15, 0.2) is 18.2 Å². The fraction of sp³-hybridized carbons (Fsp3) is 0.571. The number of nitro groups is 1. The Balaban J connectivity index is 2.14. The van der Waals surface area contributed by atoms with Crippen molar-refractivity contribution in [2.24, 2.45) is 11.8 Å². The normalized spacial score (nSPS) is 27.0. The van der Waals surface area contributed by atoms with Gasteiger partial charge in [-0.2, -0.15) is 0 Å². The minimum absolute atomic E-state index is 0.0932. The van der Waals surface area contributed by atoms with Crippen LogP contribution in [0, 0.1) is 22.0 Å². The van der Waals surface area contributed by atoms with E-state index in [9.17, 15) is 10.1 Å². The Hall–Kier alpha value is -1.29. The molecule has 1 aromatic rings. The third-order valence-corrected chi connectivity index (χ3v) is 4.35. The Morgan fingerprint density at radius 2 is 2.05 bits per heavy atom. The molecular weight excluding hydrogens is 264 g/mol. The fourth-order valence-corrected chi connectivity index (χ4v) is 2.85. The first-order valence-electron chi connectivity index (χ1n) is 6.68. The molecule has 0 aromatic heterocycles. The largest absolute Gasteiger partial charge is 0.377 e. The molecule has 1 aliphatic carbocycles. The van der Waals surface area contributed by atoms with Crippen molar-refractivity contribution in [1.82, 2.24) is 0 Å². The lowest BCUT2D eigenvalue weighted by Crippen LogP contribution is -2.30. The van der Waals surface area contributed by atoms with Crippen molar-refractivity contribution in [2.75, 3.05) is 5.32 Å². The van der Waals surface area contributed by atoms with E-state index in [1.54, 1.807) is 12.1 Å². The maximum atomic E-state index is 11.0. The number of halogens is 1. The summed E-state index contributed by atoms with van der Waals surface area (Å²) < 4.78 is 0. The second kappa shape index (κ2) is 5.78. The molecule has 1 aromatic carbocycles. The molecule has 1 fully saturated rings. The highest BCUT2D eigenvalue weighted by Crippen LogP contribution is 2.34. The van der Waals surface area contributed by atoms with Gasteiger partial charge in [0.25, 0.3) is 5.69 Å². The number of nitrogens with one attached hydrogen (secondary N) is 1. The second-order valence-corrected chi connectivity index (χ2v) is 5.96. The van der Waals surface area contributed by atoms with Crippen molar-refractivity contribution in [3.05, 3.63) is 33.3 Å². The van der Waals surface area contributed by atoms with Crippen molar-refractivity contribution in [3.8, 4) is 0 Å². The first-order valence-corrected chi connectivity index (χ1v) is 7.05. The number of hydrogen-bond acceptors (Lipinski definition) is 3. The summed E-state index contributed by atoms with van der Waals surface area (Å²) in [6, 6.07) is 4.95. The van der Waals surface area contributed by atoms with Crippen molar-refractivity contribution < 1.29 is 4.92 Å². The van der Waals surface area contributed by atoms with Gasteiger partial charge >= 0.3 is 0 Å². The Bertz CT molecular complexity index is 479. The monoisotopic (exact) mass is 282 g/mol. The van der Waals surface area contributed by atoms with Crippen LogP contribution in [0.4, 0.5) is 11.4 Å². The van der Waals surface area contributed by atoms with E-state index >= 15 is 0 Å². The average molecular weight is 283 g/mol. The van der Waals surface area contributed by atoms with Crippen LogP contribution in [-0.4, -0.2) is 11.0 Å². The second-order valence-electron chi connectivity index (χ2n) is 5.53. The van der Waals surface area contributed by atoms with Crippen LogP contribution in [0.25, 0.3) is 0 Å². The molecule has 1 saturated carbocycles. The van der Waals surface area contributed by atoms with Crippen molar-refractivity contribution in [2.45, 2.75) is 39.2 Å². The van der Waals surface area contributed by atoms with E-state index in [0.29, 0.717) is 22.7 Å². The number of hydrogen-bond donors (Lipinski definition) is 1. The van der Waals surface area contributed by atoms with E-state index in [0.717, 1.165) is 25.2 Å². The summed E-state index contributed by atoms with van der Waals surface area (Å²) in [7, 11) is 0.